The van der Waals surface area contributed by atoms with Gasteiger partial charge in [0.15, 0.2) is 0 Å². The van der Waals surface area contributed by atoms with Crippen LogP contribution in [0.1, 0.15) is 22.6 Å². The maximum absolute atomic E-state index is 13.7. The first-order chi connectivity index (χ1) is 9.08. The van der Waals surface area contributed by atoms with E-state index in [0.29, 0.717) is 29.3 Å². The first-order valence-corrected chi connectivity index (χ1v) is 5.83. The van der Waals surface area contributed by atoms with Crippen LogP contribution >= 0.6 is 0 Å². The fourth-order valence-corrected chi connectivity index (χ4v) is 1.75. The number of nitrogens with one attached hydrogen (secondary N) is 1. The third kappa shape index (κ3) is 3.26. The Bertz CT molecular complexity index is 626. The predicted molar refractivity (Wildman–Crippen MR) is 69.9 cm³/mol. The summed E-state index contributed by atoms with van der Waals surface area (Å²) in [5.74, 6) is 0.936. The number of aryl methyl sites for hydroxylation is 2. The fraction of sp³-hybridized carbons (Fsp3) is 0.214. The molecule has 1 heterocycles. The summed E-state index contributed by atoms with van der Waals surface area (Å²) < 4.78 is 13.7. The number of hydrogen-bond donors (Lipinski definition) is 1. The van der Waals surface area contributed by atoms with Crippen LogP contribution in [0.4, 0.5) is 10.2 Å². The summed E-state index contributed by atoms with van der Waals surface area (Å²) in [6, 6.07) is 8.13. The van der Waals surface area contributed by atoms with Crippen LogP contribution < -0.4 is 5.32 Å². The summed E-state index contributed by atoms with van der Waals surface area (Å²) in [5, 5.41) is 11.7. The second-order valence-corrected chi connectivity index (χ2v) is 4.21. The Kier molecular flexibility index (Phi) is 3.71. The maximum atomic E-state index is 13.7. The molecule has 0 aliphatic heterocycles. The van der Waals surface area contributed by atoms with E-state index in [1.165, 1.54) is 6.07 Å². The van der Waals surface area contributed by atoms with Crippen LogP contribution in [0.2, 0.25) is 0 Å². The summed E-state index contributed by atoms with van der Waals surface area (Å²) in [6.07, 6.45) is 0. The lowest BCUT2D eigenvalue weighted by atomic mass is 10.1. The van der Waals surface area contributed by atoms with Crippen molar-refractivity contribution < 1.29 is 4.39 Å². The monoisotopic (exact) mass is 256 g/mol. The molecule has 0 aliphatic rings. The number of rotatable bonds is 3. The molecule has 96 valence electrons. The largest absolute Gasteiger partial charge is 0.366 e. The van der Waals surface area contributed by atoms with E-state index in [1.54, 1.807) is 25.1 Å². The standard InChI is InChI=1S/C14H13FN4/c1-9-5-14(19-10(2)18-9)17-8-12-4-3-11(7-16)6-13(12)15/h3-6H,8H2,1-2H3,(H,17,18,19). The highest BCUT2D eigenvalue weighted by atomic mass is 19.1. The molecule has 0 saturated carbocycles. The molecule has 0 saturated heterocycles. The van der Waals surface area contributed by atoms with Crippen LogP contribution in [0.25, 0.3) is 0 Å². The van der Waals surface area contributed by atoms with Gasteiger partial charge in [-0.25, -0.2) is 14.4 Å². The summed E-state index contributed by atoms with van der Waals surface area (Å²) in [6.45, 7) is 4.00. The Morgan fingerprint density at radius 1 is 1.26 bits per heavy atom. The number of nitrogens with zero attached hydrogens (tertiary/aromatic N) is 3. The van der Waals surface area contributed by atoms with Crippen molar-refractivity contribution in [2.75, 3.05) is 5.32 Å². The molecular formula is C14H13FN4. The lowest BCUT2D eigenvalue weighted by molar-refractivity contribution is 0.612. The highest BCUT2D eigenvalue weighted by Gasteiger charge is 2.04. The van der Waals surface area contributed by atoms with Crippen LogP contribution in [-0.2, 0) is 6.54 Å². The van der Waals surface area contributed by atoms with Gasteiger partial charge in [-0.2, -0.15) is 5.26 Å². The van der Waals surface area contributed by atoms with Crippen molar-refractivity contribution >= 4 is 5.82 Å². The van der Waals surface area contributed by atoms with E-state index in [2.05, 4.69) is 15.3 Å². The number of aromatic nitrogens is 2. The summed E-state index contributed by atoms with van der Waals surface area (Å²) in [5.41, 5.74) is 1.66. The van der Waals surface area contributed by atoms with E-state index >= 15 is 0 Å². The van der Waals surface area contributed by atoms with Gasteiger partial charge < -0.3 is 5.32 Å². The fourth-order valence-electron chi connectivity index (χ4n) is 1.75. The van der Waals surface area contributed by atoms with Crippen LogP contribution in [0.3, 0.4) is 0 Å². The van der Waals surface area contributed by atoms with Crippen molar-refractivity contribution in [3.8, 4) is 6.07 Å². The number of halogens is 1. The second kappa shape index (κ2) is 5.44. The number of nitriles is 1. The number of benzene rings is 1. The van der Waals surface area contributed by atoms with Gasteiger partial charge in [0.25, 0.3) is 0 Å². The normalized spacial score (nSPS) is 10.0. The second-order valence-electron chi connectivity index (χ2n) is 4.21. The Balaban J connectivity index is 2.12. The number of hydrogen-bond acceptors (Lipinski definition) is 4. The zero-order valence-electron chi connectivity index (χ0n) is 10.7. The zero-order chi connectivity index (χ0) is 13.8. The van der Waals surface area contributed by atoms with E-state index < -0.39 is 5.82 Å². The van der Waals surface area contributed by atoms with Gasteiger partial charge in [0.05, 0.1) is 11.6 Å². The molecule has 19 heavy (non-hydrogen) atoms. The molecule has 0 radical (unpaired) electrons. The minimum Gasteiger partial charge on any atom is -0.366 e. The van der Waals surface area contributed by atoms with Crippen LogP contribution in [0.15, 0.2) is 24.3 Å². The lowest BCUT2D eigenvalue weighted by Crippen LogP contribution is -2.05. The molecule has 1 aromatic carbocycles. The van der Waals surface area contributed by atoms with Gasteiger partial charge in [-0.3, -0.25) is 0 Å². The quantitative estimate of drug-likeness (QED) is 0.917. The molecule has 0 atom stereocenters. The van der Waals surface area contributed by atoms with Crippen molar-refractivity contribution in [1.82, 2.24) is 9.97 Å². The SMILES string of the molecule is Cc1cc(NCc2ccc(C#N)cc2F)nc(C)n1. The van der Waals surface area contributed by atoms with Crippen molar-refractivity contribution in [2.24, 2.45) is 0 Å². The van der Waals surface area contributed by atoms with Gasteiger partial charge >= 0.3 is 0 Å². The topological polar surface area (TPSA) is 61.6 Å². The van der Waals surface area contributed by atoms with Crippen molar-refractivity contribution in [1.29, 1.82) is 5.26 Å². The maximum Gasteiger partial charge on any atom is 0.130 e. The van der Waals surface area contributed by atoms with Gasteiger partial charge in [-0.05, 0) is 26.0 Å². The molecule has 0 spiro atoms. The number of anilines is 1. The molecule has 4 nitrogen and oxygen atoms in total. The average Bonchev–Trinajstić information content (AvgIpc) is 2.36. The molecular weight excluding hydrogens is 243 g/mol. The van der Waals surface area contributed by atoms with Gasteiger partial charge in [0, 0.05) is 23.9 Å². The predicted octanol–water partition coefficient (Wildman–Crippen LogP) is 2.72. The highest BCUT2D eigenvalue weighted by molar-refractivity contribution is 5.39. The zero-order valence-corrected chi connectivity index (χ0v) is 10.7. The van der Waals surface area contributed by atoms with Crippen molar-refractivity contribution in [2.45, 2.75) is 20.4 Å². The molecule has 0 fully saturated rings. The van der Waals surface area contributed by atoms with E-state index in [1.807, 2.05) is 13.0 Å². The minimum atomic E-state index is -0.394. The van der Waals surface area contributed by atoms with Crippen molar-refractivity contribution in [3.63, 3.8) is 0 Å². The van der Waals surface area contributed by atoms with E-state index in [-0.39, 0.29) is 0 Å². The molecule has 2 aromatic rings. The molecule has 1 aromatic heterocycles. The van der Waals surface area contributed by atoms with E-state index in [9.17, 15) is 4.39 Å². The van der Waals surface area contributed by atoms with Crippen molar-refractivity contribution in [3.05, 3.63) is 52.7 Å². The van der Waals surface area contributed by atoms with Crippen LogP contribution in [-0.4, -0.2) is 9.97 Å². The molecule has 2 rings (SSSR count). The van der Waals surface area contributed by atoms with Crippen LogP contribution in [0.5, 0.6) is 0 Å². The molecule has 5 heteroatoms. The first-order valence-electron chi connectivity index (χ1n) is 5.83. The Labute approximate surface area is 110 Å². The van der Waals surface area contributed by atoms with Crippen LogP contribution in [0, 0.1) is 31.0 Å². The Morgan fingerprint density at radius 3 is 2.68 bits per heavy atom. The smallest absolute Gasteiger partial charge is 0.130 e. The van der Waals surface area contributed by atoms with E-state index in [0.717, 1.165) is 5.69 Å². The van der Waals surface area contributed by atoms with Gasteiger partial charge in [-0.15, -0.1) is 0 Å². The summed E-state index contributed by atoms with van der Waals surface area (Å²) in [4.78, 5) is 8.38. The Hall–Kier alpha value is -2.48. The molecule has 1 N–H and O–H groups in total. The van der Waals surface area contributed by atoms with Gasteiger partial charge in [0.2, 0.25) is 0 Å². The third-order valence-electron chi connectivity index (χ3n) is 2.61. The third-order valence-corrected chi connectivity index (χ3v) is 2.61. The molecule has 0 bridgehead atoms. The minimum absolute atomic E-state index is 0.313. The Morgan fingerprint density at radius 2 is 2.05 bits per heavy atom. The summed E-state index contributed by atoms with van der Waals surface area (Å²) >= 11 is 0. The first kappa shape index (κ1) is 13.0. The lowest BCUT2D eigenvalue weighted by Gasteiger charge is -2.08. The van der Waals surface area contributed by atoms with Gasteiger partial charge in [-0.1, -0.05) is 6.07 Å². The van der Waals surface area contributed by atoms with Gasteiger partial charge in [0.1, 0.15) is 17.5 Å². The van der Waals surface area contributed by atoms with E-state index in [4.69, 9.17) is 5.26 Å². The molecule has 0 aliphatic carbocycles. The summed E-state index contributed by atoms with van der Waals surface area (Å²) in [7, 11) is 0. The molecule has 0 unspecified atom stereocenters. The molecule has 0 amide bonds. The average molecular weight is 256 g/mol. The highest BCUT2D eigenvalue weighted by Crippen LogP contribution is 2.13.